The predicted octanol–water partition coefficient (Wildman–Crippen LogP) is 2.94. The molecule has 2 aliphatic heterocycles. The number of carbonyl (C=O) groups is 2. The average Bonchev–Trinajstić information content (AvgIpc) is 3.19. The zero-order chi connectivity index (χ0) is 22.0. The van der Waals surface area contributed by atoms with Crippen molar-refractivity contribution in [3.05, 3.63) is 54.0 Å². The number of carboxylic acid groups (broad SMARTS) is 1. The van der Waals surface area contributed by atoms with Gasteiger partial charge < -0.3 is 20.6 Å². The molecule has 1 atom stereocenters. The lowest BCUT2D eigenvalue weighted by Crippen LogP contribution is -2.44. The number of likely N-dealkylation sites (tertiary alicyclic amines) is 1. The van der Waals surface area contributed by atoms with Crippen LogP contribution < -0.4 is 10.6 Å². The van der Waals surface area contributed by atoms with Gasteiger partial charge in [-0.25, -0.2) is 14.2 Å². The Morgan fingerprint density at radius 1 is 1.26 bits per heavy atom. The molecule has 0 radical (unpaired) electrons. The molecule has 2 amide bonds. The van der Waals surface area contributed by atoms with Crippen molar-refractivity contribution in [3.8, 4) is 0 Å². The molecule has 3 heterocycles. The van der Waals surface area contributed by atoms with E-state index in [0.717, 1.165) is 30.2 Å². The summed E-state index contributed by atoms with van der Waals surface area (Å²) in [5.74, 6) is -0.445. The summed E-state index contributed by atoms with van der Waals surface area (Å²) in [7, 11) is 0. The lowest BCUT2D eigenvalue weighted by Gasteiger charge is -2.32. The Morgan fingerprint density at radius 3 is 2.84 bits per heavy atom. The van der Waals surface area contributed by atoms with E-state index in [1.165, 1.54) is 11.0 Å². The number of hydrogen-bond donors (Lipinski definition) is 3. The van der Waals surface area contributed by atoms with Gasteiger partial charge in [0.05, 0.1) is 6.20 Å². The van der Waals surface area contributed by atoms with Crippen molar-refractivity contribution in [2.24, 2.45) is 0 Å². The van der Waals surface area contributed by atoms with Crippen LogP contribution in [0.15, 0.2) is 37.1 Å². The molecule has 162 valence electrons. The van der Waals surface area contributed by atoms with Gasteiger partial charge in [-0.15, -0.1) is 0 Å². The fourth-order valence-electron chi connectivity index (χ4n) is 3.88. The molecule has 4 rings (SSSR count). The minimum atomic E-state index is -0.959. The molecule has 10 heteroatoms. The SMILES string of the molecule is C=CC(=O)N1CCCC(Nc2nc(Nc3ccc4c(c3)CN(C(=O)O)C4)ncc2F)C1. The third-order valence-corrected chi connectivity index (χ3v) is 5.45. The van der Waals surface area contributed by atoms with Crippen LogP contribution in [-0.2, 0) is 17.9 Å². The number of rotatable bonds is 5. The third-order valence-electron chi connectivity index (χ3n) is 5.45. The van der Waals surface area contributed by atoms with E-state index >= 15 is 0 Å². The van der Waals surface area contributed by atoms with Crippen molar-refractivity contribution in [2.75, 3.05) is 23.7 Å². The van der Waals surface area contributed by atoms with E-state index in [-0.39, 0.29) is 23.7 Å². The van der Waals surface area contributed by atoms with Crippen molar-refractivity contribution in [2.45, 2.75) is 32.0 Å². The molecule has 1 saturated heterocycles. The van der Waals surface area contributed by atoms with E-state index in [4.69, 9.17) is 5.11 Å². The van der Waals surface area contributed by atoms with Gasteiger partial charge in [-0.05, 0) is 42.2 Å². The molecular formula is C21H23FN6O3. The summed E-state index contributed by atoms with van der Waals surface area (Å²) in [4.78, 5) is 34.3. The number of amides is 2. The van der Waals surface area contributed by atoms with Crippen LogP contribution in [0.5, 0.6) is 0 Å². The maximum Gasteiger partial charge on any atom is 0.407 e. The van der Waals surface area contributed by atoms with Gasteiger partial charge >= 0.3 is 6.09 Å². The van der Waals surface area contributed by atoms with Crippen LogP contribution in [0.4, 0.5) is 26.6 Å². The standard InChI is InChI=1S/C21H23FN6O3/c1-2-18(29)27-7-3-4-16(12-27)24-19-17(22)9-23-20(26-19)25-15-6-5-13-10-28(21(30)31)11-14(13)8-15/h2,5-6,8-9,16H,1,3-4,7,10-12H2,(H,30,31)(H2,23,24,25,26). The topological polar surface area (TPSA) is 111 Å². The largest absolute Gasteiger partial charge is 0.465 e. The van der Waals surface area contributed by atoms with Crippen LogP contribution in [0.3, 0.4) is 0 Å². The maximum absolute atomic E-state index is 14.3. The van der Waals surface area contributed by atoms with Crippen LogP contribution in [-0.4, -0.2) is 56.0 Å². The predicted molar refractivity (Wildman–Crippen MR) is 112 cm³/mol. The fourth-order valence-corrected chi connectivity index (χ4v) is 3.88. The van der Waals surface area contributed by atoms with E-state index in [1.807, 2.05) is 18.2 Å². The van der Waals surface area contributed by atoms with Gasteiger partial charge in [0.1, 0.15) is 0 Å². The number of nitrogens with zero attached hydrogens (tertiary/aromatic N) is 4. The smallest absolute Gasteiger partial charge is 0.407 e. The molecule has 1 aromatic carbocycles. The highest BCUT2D eigenvalue weighted by molar-refractivity contribution is 5.87. The van der Waals surface area contributed by atoms with Crippen LogP contribution in [0.1, 0.15) is 24.0 Å². The molecule has 1 fully saturated rings. The summed E-state index contributed by atoms with van der Waals surface area (Å²) in [5.41, 5.74) is 2.54. The second kappa shape index (κ2) is 8.58. The Morgan fingerprint density at radius 2 is 2.06 bits per heavy atom. The van der Waals surface area contributed by atoms with Gasteiger partial charge in [0.15, 0.2) is 11.6 Å². The molecule has 9 nitrogen and oxygen atoms in total. The number of aromatic nitrogens is 2. The van der Waals surface area contributed by atoms with Gasteiger partial charge in [-0.1, -0.05) is 12.6 Å². The van der Waals surface area contributed by atoms with E-state index < -0.39 is 11.9 Å². The Bertz CT molecular complexity index is 1030. The second-order valence-electron chi connectivity index (χ2n) is 7.61. The normalized spacial score (nSPS) is 17.8. The number of nitrogens with one attached hydrogen (secondary N) is 2. The number of halogens is 1. The molecule has 1 unspecified atom stereocenters. The first-order valence-electron chi connectivity index (χ1n) is 10.00. The molecular weight excluding hydrogens is 403 g/mol. The number of piperidine rings is 1. The Labute approximate surface area is 178 Å². The fraction of sp³-hybridized carbons (Fsp3) is 0.333. The summed E-state index contributed by atoms with van der Waals surface area (Å²) in [6.45, 7) is 5.29. The van der Waals surface area contributed by atoms with Crippen LogP contribution in [0, 0.1) is 5.82 Å². The van der Waals surface area contributed by atoms with Gasteiger partial charge in [0, 0.05) is 37.9 Å². The molecule has 0 spiro atoms. The highest BCUT2D eigenvalue weighted by Gasteiger charge is 2.24. The van der Waals surface area contributed by atoms with Crippen molar-refractivity contribution in [1.82, 2.24) is 19.8 Å². The van der Waals surface area contributed by atoms with Gasteiger partial charge in [-0.2, -0.15) is 4.98 Å². The molecule has 2 aliphatic rings. The summed E-state index contributed by atoms with van der Waals surface area (Å²) < 4.78 is 14.3. The number of hydrogen-bond acceptors (Lipinski definition) is 6. The number of carbonyl (C=O) groups excluding carboxylic acids is 1. The first kappa shape index (κ1) is 20.6. The minimum absolute atomic E-state index is 0.0635. The molecule has 0 bridgehead atoms. The second-order valence-corrected chi connectivity index (χ2v) is 7.61. The molecule has 1 aromatic heterocycles. The molecule has 3 N–H and O–H groups in total. The van der Waals surface area contributed by atoms with Crippen LogP contribution >= 0.6 is 0 Å². The zero-order valence-corrected chi connectivity index (χ0v) is 16.8. The van der Waals surface area contributed by atoms with E-state index in [1.54, 1.807) is 4.90 Å². The highest BCUT2D eigenvalue weighted by atomic mass is 19.1. The molecule has 0 aliphatic carbocycles. The number of anilines is 3. The number of fused-ring (bicyclic) bond motifs is 1. The zero-order valence-electron chi connectivity index (χ0n) is 16.8. The molecule has 2 aromatic rings. The van der Waals surface area contributed by atoms with E-state index in [2.05, 4.69) is 27.2 Å². The van der Waals surface area contributed by atoms with Crippen LogP contribution in [0.2, 0.25) is 0 Å². The monoisotopic (exact) mass is 426 g/mol. The summed E-state index contributed by atoms with van der Waals surface area (Å²) in [6.07, 6.45) is 3.00. The van der Waals surface area contributed by atoms with E-state index in [9.17, 15) is 14.0 Å². The van der Waals surface area contributed by atoms with Crippen molar-refractivity contribution >= 4 is 29.5 Å². The lowest BCUT2D eigenvalue weighted by molar-refractivity contribution is -0.127. The molecule has 31 heavy (non-hydrogen) atoms. The molecule has 0 saturated carbocycles. The Balaban J connectivity index is 1.45. The van der Waals surface area contributed by atoms with Crippen molar-refractivity contribution in [3.63, 3.8) is 0 Å². The van der Waals surface area contributed by atoms with Crippen molar-refractivity contribution in [1.29, 1.82) is 0 Å². The first-order chi connectivity index (χ1) is 14.9. The van der Waals surface area contributed by atoms with Gasteiger partial charge in [0.2, 0.25) is 11.9 Å². The summed E-state index contributed by atoms with van der Waals surface area (Å²) in [6, 6.07) is 5.38. The summed E-state index contributed by atoms with van der Waals surface area (Å²) in [5, 5.41) is 15.3. The van der Waals surface area contributed by atoms with Crippen LogP contribution in [0.25, 0.3) is 0 Å². The third kappa shape index (κ3) is 4.57. The quantitative estimate of drug-likeness (QED) is 0.631. The highest BCUT2D eigenvalue weighted by Crippen LogP contribution is 2.27. The lowest BCUT2D eigenvalue weighted by atomic mass is 10.1. The average molecular weight is 426 g/mol. The Kier molecular flexibility index (Phi) is 5.70. The van der Waals surface area contributed by atoms with E-state index in [0.29, 0.717) is 31.9 Å². The summed E-state index contributed by atoms with van der Waals surface area (Å²) >= 11 is 0. The first-order valence-corrected chi connectivity index (χ1v) is 10.00. The minimum Gasteiger partial charge on any atom is -0.465 e. The Hall–Kier alpha value is -3.69. The van der Waals surface area contributed by atoms with Gasteiger partial charge in [-0.3, -0.25) is 9.69 Å². The maximum atomic E-state index is 14.3. The number of benzene rings is 1. The van der Waals surface area contributed by atoms with Crippen molar-refractivity contribution < 1.29 is 19.1 Å². The van der Waals surface area contributed by atoms with Gasteiger partial charge in [0.25, 0.3) is 0 Å².